The smallest absolute Gasteiger partial charge is 0.411 e. The highest BCUT2D eigenvalue weighted by Gasteiger charge is 2.41. The van der Waals surface area contributed by atoms with Crippen molar-refractivity contribution >= 4 is 23.5 Å². The van der Waals surface area contributed by atoms with Gasteiger partial charge in [0.25, 0.3) is 5.69 Å². The van der Waals surface area contributed by atoms with Crippen molar-refractivity contribution < 1.29 is 28.8 Å². The molecule has 1 aromatic carbocycles. The van der Waals surface area contributed by atoms with E-state index in [2.05, 4.69) is 0 Å². The summed E-state index contributed by atoms with van der Waals surface area (Å²) in [6.07, 6.45) is -1.14. The van der Waals surface area contributed by atoms with E-state index in [1.165, 1.54) is 36.1 Å². The van der Waals surface area contributed by atoms with Crippen LogP contribution in [0.1, 0.15) is 44.5 Å². The van der Waals surface area contributed by atoms with Crippen LogP contribution in [-0.4, -0.2) is 52.0 Å². The first kappa shape index (κ1) is 20.3. The van der Waals surface area contributed by atoms with Gasteiger partial charge in [-0.3, -0.25) is 19.8 Å². The molecule has 1 aliphatic rings. The van der Waals surface area contributed by atoms with Crippen molar-refractivity contribution in [3.05, 3.63) is 39.9 Å². The SMILES string of the molecule is CC(=O)[C@@H]1CC(OC(=O)c2ccc([N+](=O)[O-])cc2)CN1C(=O)OC(C)(C)C. The Labute approximate surface area is 156 Å². The molecule has 2 rings (SSSR count). The number of nitro benzene ring substituents is 1. The summed E-state index contributed by atoms with van der Waals surface area (Å²) in [4.78, 5) is 47.8. The van der Waals surface area contributed by atoms with E-state index >= 15 is 0 Å². The highest BCUT2D eigenvalue weighted by Crippen LogP contribution is 2.25. The number of ketones is 1. The molecular formula is C18H22N2O7. The Bertz CT molecular complexity index is 752. The minimum atomic E-state index is -0.727. The standard InChI is InChI=1S/C18H22N2O7/c1-11(21)15-9-14(10-19(15)17(23)27-18(2,3)4)26-16(22)12-5-7-13(8-6-12)20(24)25/h5-8,14-15H,9-10H2,1-4H3/t14?,15-/m0/s1. The van der Waals surface area contributed by atoms with Gasteiger partial charge in [0, 0.05) is 18.6 Å². The average Bonchev–Trinajstić information content (AvgIpc) is 2.97. The molecule has 9 heteroatoms. The van der Waals surface area contributed by atoms with Crippen LogP contribution in [0, 0.1) is 10.1 Å². The highest BCUT2D eigenvalue weighted by molar-refractivity contribution is 5.90. The molecule has 1 unspecified atom stereocenters. The summed E-state index contributed by atoms with van der Waals surface area (Å²) in [5, 5.41) is 10.7. The van der Waals surface area contributed by atoms with E-state index in [9.17, 15) is 24.5 Å². The second kappa shape index (κ2) is 7.73. The third-order valence-corrected chi connectivity index (χ3v) is 3.95. The van der Waals surface area contributed by atoms with Crippen LogP contribution in [0.25, 0.3) is 0 Å². The number of hydrogen-bond donors (Lipinski definition) is 0. The largest absolute Gasteiger partial charge is 0.457 e. The molecule has 0 aromatic heterocycles. The predicted molar refractivity (Wildman–Crippen MR) is 94.3 cm³/mol. The molecule has 2 atom stereocenters. The van der Waals surface area contributed by atoms with Crippen molar-refractivity contribution in [2.75, 3.05) is 6.54 Å². The van der Waals surface area contributed by atoms with Crippen LogP contribution in [0.4, 0.5) is 10.5 Å². The number of ether oxygens (including phenoxy) is 2. The van der Waals surface area contributed by atoms with Crippen molar-refractivity contribution in [3.63, 3.8) is 0 Å². The number of hydrogen-bond acceptors (Lipinski definition) is 7. The fraction of sp³-hybridized carbons (Fsp3) is 0.500. The van der Waals surface area contributed by atoms with Crippen molar-refractivity contribution in [1.29, 1.82) is 0 Å². The number of carbonyl (C=O) groups is 3. The molecule has 1 aromatic rings. The molecule has 0 spiro atoms. The molecule has 1 heterocycles. The van der Waals surface area contributed by atoms with Crippen molar-refractivity contribution in [1.82, 2.24) is 4.90 Å². The number of nitrogens with zero attached hydrogens (tertiary/aromatic N) is 2. The first-order valence-corrected chi connectivity index (χ1v) is 8.43. The quantitative estimate of drug-likeness (QED) is 0.449. The van der Waals surface area contributed by atoms with E-state index in [0.29, 0.717) is 0 Å². The maximum atomic E-state index is 12.3. The van der Waals surface area contributed by atoms with E-state index in [0.717, 1.165) is 0 Å². The van der Waals surface area contributed by atoms with E-state index < -0.39 is 34.7 Å². The number of Topliss-reactive ketones (excluding diaryl/α,β-unsaturated/α-hetero) is 1. The van der Waals surface area contributed by atoms with Gasteiger partial charge in [-0.15, -0.1) is 0 Å². The molecule has 1 amide bonds. The van der Waals surface area contributed by atoms with Gasteiger partial charge in [-0.1, -0.05) is 0 Å². The van der Waals surface area contributed by atoms with Gasteiger partial charge in [0.1, 0.15) is 11.7 Å². The van der Waals surface area contributed by atoms with E-state index in [1.54, 1.807) is 20.8 Å². The summed E-state index contributed by atoms with van der Waals surface area (Å²) < 4.78 is 10.7. The van der Waals surface area contributed by atoms with Crippen molar-refractivity contribution in [3.8, 4) is 0 Å². The lowest BCUT2D eigenvalue weighted by Crippen LogP contribution is -2.43. The Kier molecular flexibility index (Phi) is 5.82. The molecule has 0 radical (unpaired) electrons. The minimum Gasteiger partial charge on any atom is -0.457 e. The summed E-state index contributed by atoms with van der Waals surface area (Å²) in [7, 11) is 0. The van der Waals surface area contributed by atoms with Crippen LogP contribution >= 0.6 is 0 Å². The van der Waals surface area contributed by atoms with Gasteiger partial charge in [0.2, 0.25) is 0 Å². The minimum absolute atomic E-state index is 0.0396. The molecule has 0 N–H and O–H groups in total. The topological polar surface area (TPSA) is 116 Å². The monoisotopic (exact) mass is 378 g/mol. The lowest BCUT2D eigenvalue weighted by Gasteiger charge is -2.27. The summed E-state index contributed by atoms with van der Waals surface area (Å²) in [5.41, 5.74) is -0.706. The lowest BCUT2D eigenvalue weighted by atomic mass is 10.1. The first-order valence-electron chi connectivity index (χ1n) is 8.43. The van der Waals surface area contributed by atoms with Gasteiger partial charge < -0.3 is 9.47 Å². The fourth-order valence-electron chi connectivity index (χ4n) is 2.73. The van der Waals surface area contributed by atoms with E-state index in [1.807, 2.05) is 0 Å². The van der Waals surface area contributed by atoms with Gasteiger partial charge in [0.05, 0.1) is 23.1 Å². The summed E-state index contributed by atoms with van der Waals surface area (Å²) in [6, 6.07) is 4.27. The average molecular weight is 378 g/mol. The van der Waals surface area contributed by atoms with Crippen LogP contribution in [0.5, 0.6) is 0 Å². The summed E-state index contributed by atoms with van der Waals surface area (Å²) in [5.74, 6) is -0.905. The predicted octanol–water partition coefficient (Wildman–Crippen LogP) is 2.72. The Morgan fingerprint density at radius 3 is 2.26 bits per heavy atom. The van der Waals surface area contributed by atoms with Gasteiger partial charge in [-0.25, -0.2) is 9.59 Å². The molecule has 0 saturated carbocycles. The molecular weight excluding hydrogens is 356 g/mol. The van der Waals surface area contributed by atoms with Crippen LogP contribution in [-0.2, 0) is 14.3 Å². The number of rotatable bonds is 4. The molecule has 9 nitrogen and oxygen atoms in total. The zero-order valence-electron chi connectivity index (χ0n) is 15.6. The zero-order chi connectivity index (χ0) is 20.4. The van der Waals surface area contributed by atoms with Gasteiger partial charge >= 0.3 is 12.1 Å². The maximum Gasteiger partial charge on any atom is 0.411 e. The molecule has 1 saturated heterocycles. The van der Waals surface area contributed by atoms with Gasteiger partial charge in [-0.2, -0.15) is 0 Å². The highest BCUT2D eigenvalue weighted by atomic mass is 16.6. The van der Waals surface area contributed by atoms with Crippen molar-refractivity contribution in [2.24, 2.45) is 0 Å². The molecule has 0 aliphatic carbocycles. The number of benzene rings is 1. The number of esters is 1. The summed E-state index contributed by atoms with van der Waals surface area (Å²) >= 11 is 0. The number of nitro groups is 1. The van der Waals surface area contributed by atoms with E-state index in [4.69, 9.17) is 9.47 Å². The van der Waals surface area contributed by atoms with Gasteiger partial charge in [0.15, 0.2) is 5.78 Å². The molecule has 146 valence electrons. The Hall–Kier alpha value is -2.97. The molecule has 27 heavy (non-hydrogen) atoms. The summed E-state index contributed by atoms with van der Waals surface area (Å²) in [6.45, 7) is 6.56. The fourth-order valence-corrected chi connectivity index (χ4v) is 2.73. The van der Waals surface area contributed by atoms with Crippen LogP contribution in [0.2, 0.25) is 0 Å². The second-order valence-electron chi connectivity index (χ2n) is 7.33. The van der Waals surface area contributed by atoms with Crippen LogP contribution < -0.4 is 0 Å². The molecule has 1 fully saturated rings. The van der Waals surface area contributed by atoms with Crippen LogP contribution in [0.3, 0.4) is 0 Å². The van der Waals surface area contributed by atoms with Gasteiger partial charge in [-0.05, 0) is 39.8 Å². The number of amides is 1. The van der Waals surface area contributed by atoms with E-state index in [-0.39, 0.29) is 30.0 Å². The number of carbonyl (C=O) groups excluding carboxylic acids is 3. The van der Waals surface area contributed by atoms with Crippen molar-refractivity contribution in [2.45, 2.75) is 51.9 Å². The lowest BCUT2D eigenvalue weighted by molar-refractivity contribution is -0.384. The normalized spacial score (nSPS) is 19.5. The Morgan fingerprint density at radius 2 is 1.78 bits per heavy atom. The Morgan fingerprint density at radius 1 is 1.19 bits per heavy atom. The number of non-ortho nitro benzene ring substituents is 1. The van der Waals surface area contributed by atoms with Crippen LogP contribution in [0.15, 0.2) is 24.3 Å². The zero-order valence-corrected chi connectivity index (χ0v) is 15.6. The molecule has 0 bridgehead atoms. The Balaban J connectivity index is 2.06. The maximum absolute atomic E-state index is 12.3. The number of likely N-dealkylation sites (tertiary alicyclic amines) is 1. The molecule has 1 aliphatic heterocycles. The first-order chi connectivity index (χ1) is 12.5. The second-order valence-corrected chi connectivity index (χ2v) is 7.33. The third kappa shape index (κ3) is 5.25. The third-order valence-electron chi connectivity index (χ3n) is 3.95.